The van der Waals surface area contributed by atoms with Gasteiger partial charge in [-0.15, -0.1) is 0 Å². The molecule has 142 valence electrons. The van der Waals surface area contributed by atoms with E-state index in [1.54, 1.807) is 7.05 Å². The van der Waals surface area contributed by atoms with Gasteiger partial charge in [-0.05, 0) is 48.8 Å². The Kier molecular flexibility index (Phi) is 6.41. The molecule has 2 atom stereocenters. The number of aliphatic imine (C=N–C) groups is 2. The van der Waals surface area contributed by atoms with Gasteiger partial charge in [-0.2, -0.15) is 0 Å². The topological polar surface area (TPSA) is 92.8 Å². The van der Waals surface area contributed by atoms with Crippen molar-refractivity contribution in [1.29, 1.82) is 0 Å². The third kappa shape index (κ3) is 5.06. The summed E-state index contributed by atoms with van der Waals surface area (Å²) in [6.45, 7) is 0.495. The predicted octanol–water partition coefficient (Wildman–Crippen LogP) is 3.05. The Labute approximate surface area is 159 Å². The number of nitrogens with one attached hydrogen (secondary N) is 1. The van der Waals surface area contributed by atoms with Crippen LogP contribution in [0.1, 0.15) is 42.1 Å². The van der Waals surface area contributed by atoms with E-state index in [1.165, 1.54) is 12.0 Å². The summed E-state index contributed by atoms with van der Waals surface area (Å²) in [7, 11) is 1.69. The molecule has 27 heavy (non-hydrogen) atoms. The lowest BCUT2D eigenvalue weighted by atomic mass is 10.0. The standard InChI is InChI=1S/C21H26N4O2/c1-23-21(24-14-22)19-10-9-18(25-19)17-8-7-16(11-17)13-27-20(26)12-15-5-3-2-4-6-15/h2-6,9-10,14,16-17,25H,7-8,11-13H2,1H3,(H2,22,23,24). The molecule has 6 nitrogen and oxygen atoms in total. The van der Waals surface area contributed by atoms with Crippen LogP contribution in [0.4, 0.5) is 0 Å². The van der Waals surface area contributed by atoms with Crippen molar-refractivity contribution in [2.75, 3.05) is 13.7 Å². The van der Waals surface area contributed by atoms with Crippen LogP contribution in [-0.2, 0) is 16.0 Å². The SMILES string of the molecule is CN=C(N=CN)c1ccc(C2CCC(COC(=O)Cc3ccccc3)C2)[nH]1. The van der Waals surface area contributed by atoms with Crippen molar-refractivity contribution in [3.05, 3.63) is 59.4 Å². The maximum absolute atomic E-state index is 12.0. The van der Waals surface area contributed by atoms with E-state index in [1.807, 2.05) is 36.4 Å². The highest BCUT2D eigenvalue weighted by atomic mass is 16.5. The zero-order valence-electron chi connectivity index (χ0n) is 15.6. The number of hydrogen-bond acceptors (Lipinski definition) is 3. The molecular formula is C21H26N4O2. The first-order chi connectivity index (χ1) is 13.2. The van der Waals surface area contributed by atoms with Crippen LogP contribution in [-0.4, -0.2) is 36.8 Å². The van der Waals surface area contributed by atoms with Crippen molar-refractivity contribution in [3.63, 3.8) is 0 Å². The van der Waals surface area contributed by atoms with Crippen molar-refractivity contribution in [1.82, 2.24) is 4.98 Å². The van der Waals surface area contributed by atoms with Gasteiger partial charge in [0.2, 0.25) is 0 Å². The zero-order valence-corrected chi connectivity index (χ0v) is 15.6. The lowest BCUT2D eigenvalue weighted by Gasteiger charge is -2.11. The van der Waals surface area contributed by atoms with Crippen molar-refractivity contribution in [2.24, 2.45) is 21.6 Å². The lowest BCUT2D eigenvalue weighted by Crippen LogP contribution is -2.14. The first-order valence-corrected chi connectivity index (χ1v) is 9.29. The minimum absolute atomic E-state index is 0.157. The van der Waals surface area contributed by atoms with E-state index in [9.17, 15) is 4.79 Å². The van der Waals surface area contributed by atoms with Crippen molar-refractivity contribution in [3.8, 4) is 0 Å². The quantitative estimate of drug-likeness (QED) is 0.467. The smallest absolute Gasteiger partial charge is 0.310 e. The molecule has 0 amide bonds. The van der Waals surface area contributed by atoms with E-state index in [-0.39, 0.29) is 5.97 Å². The summed E-state index contributed by atoms with van der Waals surface area (Å²) in [5.74, 6) is 1.28. The molecule has 0 bridgehead atoms. The highest BCUT2D eigenvalue weighted by molar-refractivity contribution is 6.01. The van der Waals surface area contributed by atoms with Gasteiger partial charge in [0, 0.05) is 12.7 Å². The average molecular weight is 366 g/mol. The molecule has 1 aliphatic carbocycles. The van der Waals surface area contributed by atoms with Gasteiger partial charge in [0.15, 0.2) is 5.84 Å². The first-order valence-electron chi connectivity index (χ1n) is 9.29. The second-order valence-electron chi connectivity index (χ2n) is 6.87. The number of aromatic nitrogens is 1. The molecule has 1 aromatic heterocycles. The summed E-state index contributed by atoms with van der Waals surface area (Å²) in [4.78, 5) is 23.6. The summed E-state index contributed by atoms with van der Waals surface area (Å²) in [6.07, 6.45) is 4.74. The summed E-state index contributed by atoms with van der Waals surface area (Å²) in [6, 6.07) is 13.8. The van der Waals surface area contributed by atoms with Gasteiger partial charge < -0.3 is 15.5 Å². The molecular weight excluding hydrogens is 340 g/mol. The number of benzene rings is 1. The summed E-state index contributed by atoms with van der Waals surface area (Å²) >= 11 is 0. The van der Waals surface area contributed by atoms with Crippen molar-refractivity contribution in [2.45, 2.75) is 31.6 Å². The maximum atomic E-state index is 12.0. The van der Waals surface area contributed by atoms with Gasteiger partial charge in [-0.1, -0.05) is 30.3 Å². The Hall–Kier alpha value is -2.89. The number of H-pyrrole nitrogens is 1. The fourth-order valence-electron chi connectivity index (χ4n) is 3.63. The molecule has 3 rings (SSSR count). The molecule has 1 aromatic carbocycles. The Morgan fingerprint density at radius 1 is 1.26 bits per heavy atom. The molecule has 1 heterocycles. The lowest BCUT2D eigenvalue weighted by molar-refractivity contribution is -0.144. The number of carbonyl (C=O) groups excluding carboxylic acids is 1. The average Bonchev–Trinajstić information content (AvgIpc) is 3.34. The number of ether oxygens (including phenoxy) is 1. The van der Waals surface area contributed by atoms with Crippen LogP contribution in [0.2, 0.25) is 0 Å². The summed E-state index contributed by atoms with van der Waals surface area (Å²) < 4.78 is 5.51. The van der Waals surface area contributed by atoms with Gasteiger partial charge in [0.1, 0.15) is 0 Å². The Balaban J connectivity index is 1.49. The second kappa shape index (κ2) is 9.16. The molecule has 6 heteroatoms. The molecule has 0 radical (unpaired) electrons. The zero-order chi connectivity index (χ0) is 19.1. The number of rotatable bonds is 6. The van der Waals surface area contributed by atoms with Crippen LogP contribution < -0.4 is 5.73 Å². The van der Waals surface area contributed by atoms with E-state index in [0.717, 1.165) is 30.5 Å². The van der Waals surface area contributed by atoms with Crippen LogP contribution in [0.15, 0.2) is 52.4 Å². The number of carbonyl (C=O) groups is 1. The molecule has 0 aliphatic heterocycles. The predicted molar refractivity (Wildman–Crippen MR) is 107 cm³/mol. The van der Waals surface area contributed by atoms with Gasteiger partial charge in [0.05, 0.1) is 25.1 Å². The number of nitrogens with two attached hydrogens (primary N) is 1. The fraction of sp³-hybridized carbons (Fsp3) is 0.381. The van der Waals surface area contributed by atoms with Crippen LogP contribution in [0.5, 0.6) is 0 Å². The van der Waals surface area contributed by atoms with Gasteiger partial charge in [-0.25, -0.2) is 4.99 Å². The van der Waals surface area contributed by atoms with Crippen LogP contribution in [0.25, 0.3) is 0 Å². The van der Waals surface area contributed by atoms with Gasteiger partial charge in [0.25, 0.3) is 0 Å². The fourth-order valence-corrected chi connectivity index (χ4v) is 3.63. The van der Waals surface area contributed by atoms with E-state index in [4.69, 9.17) is 10.5 Å². The molecule has 2 unspecified atom stereocenters. The van der Waals surface area contributed by atoms with Crippen LogP contribution in [0.3, 0.4) is 0 Å². The molecule has 0 spiro atoms. The normalized spacial score (nSPS) is 20.3. The van der Waals surface area contributed by atoms with Gasteiger partial charge >= 0.3 is 5.97 Å². The molecule has 1 saturated carbocycles. The number of amidine groups is 1. The third-order valence-electron chi connectivity index (χ3n) is 5.01. The number of nitrogens with zero attached hydrogens (tertiary/aromatic N) is 2. The molecule has 1 aliphatic rings. The first kappa shape index (κ1) is 18.9. The minimum Gasteiger partial charge on any atom is -0.465 e. The Morgan fingerprint density at radius 2 is 2.07 bits per heavy atom. The van der Waals surface area contributed by atoms with Crippen LogP contribution >= 0.6 is 0 Å². The van der Waals surface area contributed by atoms with Crippen LogP contribution in [0, 0.1) is 5.92 Å². The Bertz CT molecular complexity index is 811. The molecule has 0 saturated heterocycles. The largest absolute Gasteiger partial charge is 0.465 e. The van der Waals surface area contributed by atoms with Crippen molar-refractivity contribution >= 4 is 18.1 Å². The van der Waals surface area contributed by atoms with Gasteiger partial charge in [-0.3, -0.25) is 9.79 Å². The van der Waals surface area contributed by atoms with E-state index >= 15 is 0 Å². The van der Waals surface area contributed by atoms with Crippen molar-refractivity contribution < 1.29 is 9.53 Å². The molecule has 1 fully saturated rings. The van der Waals surface area contributed by atoms with E-state index in [0.29, 0.717) is 30.7 Å². The summed E-state index contributed by atoms with van der Waals surface area (Å²) in [5.41, 5.74) is 8.40. The maximum Gasteiger partial charge on any atom is 0.310 e. The Morgan fingerprint density at radius 3 is 2.81 bits per heavy atom. The number of aromatic amines is 1. The molecule has 2 aromatic rings. The number of hydrogen-bond donors (Lipinski definition) is 2. The second-order valence-corrected chi connectivity index (χ2v) is 6.87. The van der Waals surface area contributed by atoms with E-state index in [2.05, 4.69) is 21.0 Å². The van der Waals surface area contributed by atoms with E-state index < -0.39 is 0 Å². The molecule has 3 N–H and O–H groups in total. The number of esters is 1. The minimum atomic E-state index is -0.157. The summed E-state index contributed by atoms with van der Waals surface area (Å²) in [5, 5.41) is 0. The third-order valence-corrected chi connectivity index (χ3v) is 5.01. The highest BCUT2D eigenvalue weighted by Gasteiger charge is 2.28. The highest BCUT2D eigenvalue weighted by Crippen LogP contribution is 2.38. The monoisotopic (exact) mass is 366 g/mol.